The topological polar surface area (TPSA) is 66.5 Å². The number of carbonyl (C=O) groups excluding carboxylic acids is 1. The number of nitrogens with zero attached hydrogens (tertiary/aromatic N) is 1. The Bertz CT molecular complexity index is 833. The molecule has 0 heterocycles. The third kappa shape index (κ3) is 5.08. The van der Waals surface area contributed by atoms with Crippen LogP contribution in [0, 0.1) is 6.92 Å². The minimum Gasteiger partial charge on any atom is -0.354 e. The molecule has 2 rings (SSSR count). The number of benzene rings is 2. The summed E-state index contributed by atoms with van der Waals surface area (Å²) in [6.45, 7) is 5.99. The summed E-state index contributed by atoms with van der Waals surface area (Å²) in [6, 6.07) is 16.1. The second-order valence-corrected chi connectivity index (χ2v) is 8.49. The van der Waals surface area contributed by atoms with Crippen LogP contribution in [-0.4, -0.2) is 33.2 Å². The molecule has 0 aromatic heterocycles. The van der Waals surface area contributed by atoms with Gasteiger partial charge in [0.05, 0.1) is 11.9 Å². The Balaban J connectivity index is 2.11. The van der Waals surface area contributed by atoms with Crippen LogP contribution in [0.1, 0.15) is 30.9 Å². The average molecular weight is 375 g/mol. The van der Waals surface area contributed by atoms with E-state index >= 15 is 0 Å². The molecule has 2 aromatic rings. The third-order valence-electron chi connectivity index (χ3n) is 4.33. The molecule has 0 unspecified atom stereocenters. The first-order chi connectivity index (χ1) is 12.2. The van der Waals surface area contributed by atoms with Crippen molar-refractivity contribution in [3.63, 3.8) is 0 Å². The van der Waals surface area contributed by atoms with Gasteiger partial charge >= 0.3 is 0 Å². The van der Waals surface area contributed by atoms with E-state index in [1.807, 2.05) is 56.3 Å². The van der Waals surface area contributed by atoms with E-state index in [0.717, 1.165) is 21.7 Å². The quantitative estimate of drug-likeness (QED) is 0.810. The molecule has 6 heteroatoms. The molecule has 26 heavy (non-hydrogen) atoms. The maximum Gasteiger partial charge on any atom is 0.243 e. The fraction of sp³-hybridized carbons (Fsp3) is 0.350. The first-order valence-corrected chi connectivity index (χ1v) is 10.4. The van der Waals surface area contributed by atoms with Crippen LogP contribution in [0.2, 0.25) is 0 Å². The summed E-state index contributed by atoms with van der Waals surface area (Å²) in [6.07, 6.45) is 1.11. The van der Waals surface area contributed by atoms with Crippen molar-refractivity contribution >= 4 is 21.6 Å². The number of anilines is 1. The molecule has 1 N–H and O–H groups in total. The van der Waals surface area contributed by atoms with Gasteiger partial charge in [0.25, 0.3) is 0 Å². The van der Waals surface area contributed by atoms with Crippen LogP contribution >= 0.6 is 0 Å². The number of nitrogens with one attached hydrogen (secondary N) is 1. The van der Waals surface area contributed by atoms with Crippen LogP contribution in [0.15, 0.2) is 54.6 Å². The standard InChI is InChI=1S/C20H26N2O3S/c1-15-10-12-19(13-11-15)22(26(4,24)25)17(3)20(23)21-14-16(2)18-8-6-5-7-9-18/h5-13,16-17H,14H2,1-4H3,(H,21,23)/t16-,17-/m0/s1. The molecule has 140 valence electrons. The molecule has 0 fully saturated rings. The molecule has 0 bridgehead atoms. The van der Waals surface area contributed by atoms with Gasteiger partial charge in [-0.2, -0.15) is 0 Å². The minimum atomic E-state index is -3.59. The van der Waals surface area contributed by atoms with Crippen LogP contribution in [-0.2, 0) is 14.8 Å². The Labute approximate surface area is 156 Å². The van der Waals surface area contributed by atoms with Gasteiger partial charge in [0.2, 0.25) is 15.9 Å². The number of carbonyl (C=O) groups is 1. The maximum absolute atomic E-state index is 12.6. The lowest BCUT2D eigenvalue weighted by Crippen LogP contribution is -2.48. The fourth-order valence-corrected chi connectivity index (χ4v) is 3.98. The summed E-state index contributed by atoms with van der Waals surface area (Å²) in [5.41, 5.74) is 2.63. The van der Waals surface area contributed by atoms with Crippen molar-refractivity contribution in [2.24, 2.45) is 0 Å². The van der Waals surface area contributed by atoms with Gasteiger partial charge in [-0.05, 0) is 37.5 Å². The summed E-state index contributed by atoms with van der Waals surface area (Å²) in [5.74, 6) is -0.183. The van der Waals surface area contributed by atoms with Gasteiger partial charge in [-0.1, -0.05) is 55.0 Å². The molecule has 0 radical (unpaired) electrons. The molecule has 0 aliphatic heterocycles. The lowest BCUT2D eigenvalue weighted by molar-refractivity contribution is -0.121. The van der Waals surface area contributed by atoms with Gasteiger partial charge in [0, 0.05) is 6.54 Å². The lowest BCUT2D eigenvalue weighted by atomic mass is 10.0. The van der Waals surface area contributed by atoms with Crippen molar-refractivity contribution < 1.29 is 13.2 Å². The summed E-state index contributed by atoms with van der Waals surface area (Å²) >= 11 is 0. The lowest BCUT2D eigenvalue weighted by Gasteiger charge is -2.28. The highest BCUT2D eigenvalue weighted by molar-refractivity contribution is 7.92. The molecular formula is C20H26N2O3S. The molecule has 0 aliphatic rings. The first-order valence-electron chi connectivity index (χ1n) is 8.59. The number of sulfonamides is 1. The fourth-order valence-electron chi connectivity index (χ4n) is 2.80. The van der Waals surface area contributed by atoms with E-state index in [1.54, 1.807) is 19.1 Å². The van der Waals surface area contributed by atoms with Crippen molar-refractivity contribution in [1.82, 2.24) is 5.32 Å². The van der Waals surface area contributed by atoms with E-state index in [0.29, 0.717) is 12.2 Å². The Morgan fingerprint density at radius 2 is 1.62 bits per heavy atom. The van der Waals surface area contributed by atoms with Gasteiger partial charge in [0.15, 0.2) is 0 Å². The molecule has 2 atom stereocenters. The largest absolute Gasteiger partial charge is 0.354 e. The highest BCUT2D eigenvalue weighted by Gasteiger charge is 2.29. The Hall–Kier alpha value is -2.34. The predicted octanol–water partition coefficient (Wildman–Crippen LogP) is 3.07. The zero-order valence-corrected chi connectivity index (χ0v) is 16.5. The van der Waals surface area contributed by atoms with Crippen molar-refractivity contribution in [3.8, 4) is 0 Å². The third-order valence-corrected chi connectivity index (χ3v) is 5.57. The van der Waals surface area contributed by atoms with E-state index in [-0.39, 0.29) is 11.8 Å². The number of rotatable bonds is 7. The molecule has 0 spiro atoms. The highest BCUT2D eigenvalue weighted by Crippen LogP contribution is 2.21. The van der Waals surface area contributed by atoms with Crippen molar-refractivity contribution in [2.45, 2.75) is 32.7 Å². The highest BCUT2D eigenvalue weighted by atomic mass is 32.2. The van der Waals surface area contributed by atoms with E-state index < -0.39 is 16.1 Å². The van der Waals surface area contributed by atoms with Crippen molar-refractivity contribution in [3.05, 3.63) is 65.7 Å². The van der Waals surface area contributed by atoms with Crippen molar-refractivity contribution in [1.29, 1.82) is 0 Å². The number of hydrogen-bond donors (Lipinski definition) is 1. The predicted molar refractivity (Wildman–Crippen MR) is 106 cm³/mol. The van der Waals surface area contributed by atoms with Crippen LogP contribution < -0.4 is 9.62 Å². The Morgan fingerprint density at radius 1 is 1.04 bits per heavy atom. The molecule has 1 amide bonds. The average Bonchev–Trinajstić information content (AvgIpc) is 2.60. The minimum absolute atomic E-state index is 0.137. The molecule has 5 nitrogen and oxygen atoms in total. The second-order valence-electron chi connectivity index (χ2n) is 6.63. The van der Waals surface area contributed by atoms with Crippen LogP contribution in [0.5, 0.6) is 0 Å². The SMILES string of the molecule is Cc1ccc(N([C@@H](C)C(=O)NC[C@H](C)c2ccccc2)S(C)(=O)=O)cc1. The summed E-state index contributed by atoms with van der Waals surface area (Å²) in [5, 5.41) is 2.87. The smallest absolute Gasteiger partial charge is 0.243 e. The van der Waals surface area contributed by atoms with Gasteiger partial charge in [0.1, 0.15) is 6.04 Å². The zero-order valence-electron chi connectivity index (χ0n) is 15.6. The number of amides is 1. The Morgan fingerprint density at radius 3 is 2.15 bits per heavy atom. The van der Waals surface area contributed by atoms with E-state index in [1.165, 1.54) is 0 Å². The normalized spacial score (nSPS) is 13.7. The number of aryl methyl sites for hydroxylation is 1. The van der Waals surface area contributed by atoms with Gasteiger partial charge < -0.3 is 5.32 Å². The van der Waals surface area contributed by atoms with E-state index in [2.05, 4.69) is 5.32 Å². The van der Waals surface area contributed by atoms with E-state index in [9.17, 15) is 13.2 Å². The summed E-state index contributed by atoms with van der Waals surface area (Å²) in [7, 11) is -3.59. The zero-order chi connectivity index (χ0) is 19.3. The second kappa shape index (κ2) is 8.36. The monoisotopic (exact) mass is 374 g/mol. The van der Waals surface area contributed by atoms with Crippen LogP contribution in [0.25, 0.3) is 0 Å². The molecular weight excluding hydrogens is 348 g/mol. The van der Waals surface area contributed by atoms with Gasteiger partial charge in [-0.15, -0.1) is 0 Å². The van der Waals surface area contributed by atoms with Gasteiger partial charge in [-0.3, -0.25) is 9.10 Å². The molecule has 2 aromatic carbocycles. The summed E-state index contributed by atoms with van der Waals surface area (Å²) in [4.78, 5) is 12.6. The molecule has 0 saturated heterocycles. The first kappa shape index (κ1) is 20.0. The molecule has 0 saturated carbocycles. The molecule has 0 aliphatic carbocycles. The van der Waals surface area contributed by atoms with Crippen molar-refractivity contribution in [2.75, 3.05) is 17.1 Å². The van der Waals surface area contributed by atoms with Crippen LogP contribution in [0.3, 0.4) is 0 Å². The van der Waals surface area contributed by atoms with E-state index in [4.69, 9.17) is 0 Å². The van der Waals surface area contributed by atoms with Gasteiger partial charge in [-0.25, -0.2) is 8.42 Å². The summed E-state index contributed by atoms with van der Waals surface area (Å²) < 4.78 is 25.7. The van der Waals surface area contributed by atoms with Crippen LogP contribution in [0.4, 0.5) is 5.69 Å². The maximum atomic E-state index is 12.6. The Kier molecular flexibility index (Phi) is 6.42. The number of hydrogen-bond acceptors (Lipinski definition) is 3.